The number of hydrazine groups is 1. The molecule has 1 fully saturated rings. The highest BCUT2D eigenvalue weighted by Gasteiger charge is 2.09. The summed E-state index contributed by atoms with van der Waals surface area (Å²) in [6.45, 7) is 3.01. The molecule has 6 nitrogen and oxygen atoms in total. The lowest BCUT2D eigenvalue weighted by Crippen LogP contribution is -2.40. The van der Waals surface area contributed by atoms with Crippen molar-refractivity contribution in [3.8, 4) is 0 Å². The van der Waals surface area contributed by atoms with Crippen LogP contribution in [-0.2, 0) is 4.74 Å². The van der Waals surface area contributed by atoms with E-state index in [0.717, 1.165) is 13.1 Å². The van der Waals surface area contributed by atoms with E-state index in [2.05, 4.69) is 15.4 Å². The lowest BCUT2D eigenvalue weighted by atomic mass is 10.5. The first-order valence-corrected chi connectivity index (χ1v) is 4.49. The van der Waals surface area contributed by atoms with Crippen molar-refractivity contribution in [1.82, 2.24) is 15.0 Å². The van der Waals surface area contributed by atoms with E-state index in [4.69, 9.17) is 4.74 Å². The molecule has 0 unspecified atom stereocenters. The second kappa shape index (κ2) is 4.21. The highest BCUT2D eigenvalue weighted by Crippen LogP contribution is 2.01. The molecule has 2 N–H and O–H groups in total. The number of aromatic nitrogens is 2. The summed E-state index contributed by atoms with van der Waals surface area (Å²) in [5.74, 6) is 0.565. The highest BCUT2D eigenvalue weighted by atomic mass is 16.5. The van der Waals surface area contributed by atoms with Gasteiger partial charge in [0, 0.05) is 19.2 Å². The van der Waals surface area contributed by atoms with Crippen molar-refractivity contribution in [2.24, 2.45) is 0 Å². The summed E-state index contributed by atoms with van der Waals surface area (Å²) in [5, 5.41) is 1.98. The van der Waals surface area contributed by atoms with E-state index in [0.29, 0.717) is 19.0 Å². The van der Waals surface area contributed by atoms with Crippen molar-refractivity contribution >= 4 is 5.82 Å². The van der Waals surface area contributed by atoms with Crippen LogP contribution < -0.4 is 11.0 Å². The molecule has 0 atom stereocenters. The van der Waals surface area contributed by atoms with Gasteiger partial charge in [-0.3, -0.25) is 4.79 Å². The van der Waals surface area contributed by atoms with Gasteiger partial charge in [-0.2, -0.15) is 0 Å². The number of nitrogens with one attached hydrogen (secondary N) is 2. The maximum absolute atomic E-state index is 11.0. The normalized spacial score (nSPS) is 18.0. The zero-order chi connectivity index (χ0) is 9.80. The summed E-state index contributed by atoms with van der Waals surface area (Å²) in [6.07, 6.45) is 1.38. The number of hydrogen-bond acceptors (Lipinski definition) is 5. The Morgan fingerprint density at radius 2 is 2.29 bits per heavy atom. The average Bonchev–Trinajstić information content (AvgIpc) is 2.19. The zero-order valence-electron chi connectivity index (χ0n) is 7.69. The predicted octanol–water partition coefficient (Wildman–Crippen LogP) is -0.571. The fourth-order valence-corrected chi connectivity index (χ4v) is 1.27. The van der Waals surface area contributed by atoms with Crippen LogP contribution in [0.2, 0.25) is 0 Å². The van der Waals surface area contributed by atoms with Crippen LogP contribution in [0.25, 0.3) is 0 Å². The van der Waals surface area contributed by atoms with E-state index >= 15 is 0 Å². The average molecular weight is 196 g/mol. The first-order chi connectivity index (χ1) is 6.84. The van der Waals surface area contributed by atoms with Gasteiger partial charge in [0.15, 0.2) is 0 Å². The monoisotopic (exact) mass is 196 g/mol. The molecule has 1 aliphatic heterocycles. The number of anilines is 1. The Morgan fingerprint density at radius 3 is 3.00 bits per heavy atom. The van der Waals surface area contributed by atoms with Gasteiger partial charge in [-0.1, -0.05) is 0 Å². The van der Waals surface area contributed by atoms with Gasteiger partial charge < -0.3 is 15.1 Å². The third-order valence-electron chi connectivity index (χ3n) is 1.96. The van der Waals surface area contributed by atoms with Crippen LogP contribution in [0.4, 0.5) is 5.82 Å². The van der Waals surface area contributed by atoms with Crippen LogP contribution >= 0.6 is 0 Å². The van der Waals surface area contributed by atoms with Crippen LogP contribution in [0, 0.1) is 0 Å². The largest absolute Gasteiger partial charge is 0.379 e. The summed E-state index contributed by atoms with van der Waals surface area (Å²) < 4.78 is 5.19. The number of hydrogen-bond donors (Lipinski definition) is 2. The molecule has 0 radical (unpaired) electrons. The molecule has 0 spiro atoms. The molecule has 1 aromatic rings. The van der Waals surface area contributed by atoms with Crippen LogP contribution in [0.15, 0.2) is 17.2 Å². The van der Waals surface area contributed by atoms with Crippen molar-refractivity contribution in [1.29, 1.82) is 0 Å². The van der Waals surface area contributed by atoms with Gasteiger partial charge in [-0.05, 0) is 0 Å². The van der Waals surface area contributed by atoms with Gasteiger partial charge in [-0.15, -0.1) is 0 Å². The molecule has 0 bridgehead atoms. The first kappa shape index (κ1) is 9.17. The number of rotatable bonds is 2. The Morgan fingerprint density at radius 1 is 1.50 bits per heavy atom. The molecular formula is C8H12N4O2. The molecule has 2 rings (SSSR count). The van der Waals surface area contributed by atoms with Crippen LogP contribution in [0.5, 0.6) is 0 Å². The molecular weight excluding hydrogens is 184 g/mol. The van der Waals surface area contributed by atoms with Gasteiger partial charge in [-0.25, -0.2) is 9.99 Å². The molecule has 76 valence electrons. The van der Waals surface area contributed by atoms with E-state index < -0.39 is 0 Å². The Labute approximate surface area is 80.9 Å². The minimum absolute atomic E-state index is 0.157. The molecule has 1 saturated heterocycles. The lowest BCUT2D eigenvalue weighted by Gasteiger charge is -2.27. The maximum atomic E-state index is 11.0. The Kier molecular flexibility index (Phi) is 2.76. The number of ether oxygens (including phenoxy) is 1. The molecule has 14 heavy (non-hydrogen) atoms. The van der Waals surface area contributed by atoms with Crippen LogP contribution in [0.1, 0.15) is 0 Å². The number of H-pyrrole nitrogens is 1. The minimum atomic E-state index is -0.157. The topological polar surface area (TPSA) is 70.2 Å². The van der Waals surface area contributed by atoms with Gasteiger partial charge in [0.25, 0.3) is 5.56 Å². The van der Waals surface area contributed by atoms with Crippen molar-refractivity contribution in [2.75, 3.05) is 31.7 Å². The van der Waals surface area contributed by atoms with Crippen LogP contribution in [-0.4, -0.2) is 41.3 Å². The van der Waals surface area contributed by atoms with E-state index in [1.807, 2.05) is 5.01 Å². The lowest BCUT2D eigenvalue weighted by molar-refractivity contribution is 0.0495. The van der Waals surface area contributed by atoms with Gasteiger partial charge in [0.05, 0.1) is 19.5 Å². The van der Waals surface area contributed by atoms with Gasteiger partial charge >= 0.3 is 0 Å². The molecule has 0 saturated carbocycles. The van der Waals surface area contributed by atoms with Gasteiger partial charge in [0.1, 0.15) is 5.82 Å². The summed E-state index contributed by atoms with van der Waals surface area (Å²) in [6, 6.07) is 1.43. The summed E-state index contributed by atoms with van der Waals surface area (Å²) >= 11 is 0. The van der Waals surface area contributed by atoms with E-state index in [1.54, 1.807) is 0 Å². The third kappa shape index (κ3) is 2.30. The smallest absolute Gasteiger partial charge is 0.252 e. The van der Waals surface area contributed by atoms with Crippen molar-refractivity contribution in [3.63, 3.8) is 0 Å². The molecule has 0 aliphatic carbocycles. The minimum Gasteiger partial charge on any atom is -0.379 e. The standard InChI is InChI=1S/C8H12N4O2/c13-8-5-7(9-6-10-8)11-12-1-3-14-4-2-12/h5-6H,1-4H2,(H2,9,10,11,13). The molecule has 2 heterocycles. The van der Waals surface area contributed by atoms with Crippen molar-refractivity contribution < 1.29 is 4.74 Å². The summed E-state index contributed by atoms with van der Waals surface area (Å²) in [5.41, 5.74) is 2.89. The molecule has 0 amide bonds. The van der Waals surface area contributed by atoms with E-state index in [1.165, 1.54) is 12.4 Å². The van der Waals surface area contributed by atoms with Crippen molar-refractivity contribution in [2.45, 2.75) is 0 Å². The molecule has 6 heteroatoms. The predicted molar refractivity (Wildman–Crippen MR) is 50.9 cm³/mol. The molecule has 0 aromatic carbocycles. The Balaban J connectivity index is 1.99. The number of morpholine rings is 1. The quantitative estimate of drug-likeness (QED) is 0.662. The number of nitrogens with zero attached hydrogens (tertiary/aromatic N) is 2. The molecule has 1 aromatic heterocycles. The van der Waals surface area contributed by atoms with E-state index in [-0.39, 0.29) is 5.56 Å². The third-order valence-corrected chi connectivity index (χ3v) is 1.96. The van der Waals surface area contributed by atoms with E-state index in [9.17, 15) is 4.79 Å². The first-order valence-electron chi connectivity index (χ1n) is 4.49. The van der Waals surface area contributed by atoms with Crippen LogP contribution in [0.3, 0.4) is 0 Å². The SMILES string of the molecule is O=c1cc(NN2CCOCC2)nc[nH]1. The van der Waals surface area contributed by atoms with Crippen molar-refractivity contribution in [3.05, 3.63) is 22.7 Å². The Bertz CT molecular complexity index is 345. The Hall–Kier alpha value is -1.40. The zero-order valence-corrected chi connectivity index (χ0v) is 7.69. The summed E-state index contributed by atoms with van der Waals surface area (Å²) in [7, 11) is 0. The second-order valence-corrected chi connectivity index (χ2v) is 3.01. The number of aromatic amines is 1. The summed E-state index contributed by atoms with van der Waals surface area (Å²) in [4.78, 5) is 17.4. The fourth-order valence-electron chi connectivity index (χ4n) is 1.27. The maximum Gasteiger partial charge on any atom is 0.252 e. The highest BCUT2D eigenvalue weighted by molar-refractivity contribution is 5.30. The second-order valence-electron chi connectivity index (χ2n) is 3.01. The fraction of sp³-hybridized carbons (Fsp3) is 0.500. The van der Waals surface area contributed by atoms with Gasteiger partial charge in [0.2, 0.25) is 0 Å². The molecule has 1 aliphatic rings.